The number of thiol groups is 1. The van der Waals surface area contributed by atoms with Crippen LogP contribution >= 0.6 is 24.2 Å². The number of rotatable bonds is 1. The molecule has 1 nitrogen and oxygen atoms in total. The number of hydrogen-bond donors (Lipinski definition) is 1. The van der Waals surface area contributed by atoms with Gasteiger partial charge in [0.2, 0.25) is 0 Å². The molecule has 1 rings (SSSR count). The molecule has 0 heterocycles. The molecule has 1 atom stereocenters. The molecule has 1 aromatic rings. The van der Waals surface area contributed by atoms with Gasteiger partial charge in [0, 0.05) is 10.3 Å². The van der Waals surface area contributed by atoms with Crippen LogP contribution in [0.15, 0.2) is 18.2 Å². The first-order valence-corrected chi connectivity index (χ1v) is 4.42. The van der Waals surface area contributed by atoms with Crippen molar-refractivity contribution < 1.29 is 0 Å². The first kappa shape index (κ1) is 9.44. The van der Waals surface area contributed by atoms with Gasteiger partial charge in [-0.2, -0.15) is 17.9 Å². The maximum Gasteiger partial charge on any atom is 0.0991 e. The summed E-state index contributed by atoms with van der Waals surface area (Å²) in [6.45, 7) is 1.92. The fraction of sp³-hybridized carbons (Fsp3) is 0.222. The summed E-state index contributed by atoms with van der Waals surface area (Å²) in [5, 5.41) is 9.34. The zero-order valence-corrected chi connectivity index (χ0v) is 8.23. The lowest BCUT2D eigenvalue weighted by molar-refractivity contribution is 1.11. The van der Waals surface area contributed by atoms with Gasteiger partial charge in [-0.05, 0) is 30.7 Å². The van der Waals surface area contributed by atoms with Gasteiger partial charge in [-0.1, -0.05) is 11.6 Å². The molecule has 0 bridgehead atoms. The summed E-state index contributed by atoms with van der Waals surface area (Å²) in [5.41, 5.74) is 1.52. The lowest BCUT2D eigenvalue weighted by Gasteiger charge is -2.06. The zero-order chi connectivity index (χ0) is 9.14. The van der Waals surface area contributed by atoms with E-state index >= 15 is 0 Å². The number of nitriles is 1. The molecule has 0 radical (unpaired) electrons. The molecule has 0 aliphatic heterocycles. The third-order valence-corrected chi connectivity index (χ3v) is 2.20. The van der Waals surface area contributed by atoms with Crippen LogP contribution in [0.25, 0.3) is 0 Å². The first-order valence-electron chi connectivity index (χ1n) is 3.52. The normalized spacial score (nSPS) is 12.2. The molecule has 0 aliphatic carbocycles. The molecule has 3 heteroatoms. The van der Waals surface area contributed by atoms with E-state index in [2.05, 4.69) is 18.7 Å². The van der Waals surface area contributed by atoms with Crippen molar-refractivity contribution in [2.45, 2.75) is 12.2 Å². The summed E-state index contributed by atoms with van der Waals surface area (Å²) in [4.78, 5) is 0. The number of halogens is 1. The van der Waals surface area contributed by atoms with Gasteiger partial charge in [0.25, 0.3) is 0 Å². The fourth-order valence-corrected chi connectivity index (χ4v) is 1.50. The van der Waals surface area contributed by atoms with Crippen LogP contribution in [0.3, 0.4) is 0 Å². The fourth-order valence-electron chi connectivity index (χ4n) is 0.933. The van der Waals surface area contributed by atoms with E-state index in [0.29, 0.717) is 10.6 Å². The zero-order valence-electron chi connectivity index (χ0n) is 6.58. The van der Waals surface area contributed by atoms with Crippen LogP contribution in [0, 0.1) is 11.3 Å². The van der Waals surface area contributed by atoms with E-state index in [1.165, 1.54) is 0 Å². The summed E-state index contributed by atoms with van der Waals surface area (Å²) in [7, 11) is 0. The van der Waals surface area contributed by atoms with Crippen LogP contribution in [0.4, 0.5) is 0 Å². The summed E-state index contributed by atoms with van der Waals surface area (Å²) >= 11 is 10.1. The Hall–Kier alpha value is -0.650. The average molecular weight is 198 g/mol. The molecule has 0 N–H and O–H groups in total. The number of nitrogens with zero attached hydrogens (tertiary/aromatic N) is 1. The van der Waals surface area contributed by atoms with Crippen LogP contribution < -0.4 is 0 Å². The monoisotopic (exact) mass is 197 g/mol. The molecule has 0 aliphatic rings. The van der Waals surface area contributed by atoms with Gasteiger partial charge < -0.3 is 0 Å². The Balaban J connectivity index is 3.19. The summed E-state index contributed by atoms with van der Waals surface area (Å²) in [6.07, 6.45) is 0. The Labute approximate surface area is 82.4 Å². The van der Waals surface area contributed by atoms with E-state index in [1.54, 1.807) is 18.2 Å². The van der Waals surface area contributed by atoms with Crippen molar-refractivity contribution in [1.29, 1.82) is 5.26 Å². The molecule has 0 saturated carbocycles. The minimum absolute atomic E-state index is 0.0609. The Morgan fingerprint density at radius 3 is 2.75 bits per heavy atom. The van der Waals surface area contributed by atoms with Crippen LogP contribution in [-0.2, 0) is 0 Å². The highest BCUT2D eigenvalue weighted by Gasteiger charge is 2.05. The second kappa shape index (κ2) is 3.84. The van der Waals surface area contributed by atoms with Gasteiger partial charge in [0.15, 0.2) is 0 Å². The Bertz CT molecular complexity index is 328. The Kier molecular flexibility index (Phi) is 3.02. The van der Waals surface area contributed by atoms with Gasteiger partial charge in [-0.25, -0.2) is 0 Å². The molecule has 0 fully saturated rings. The quantitative estimate of drug-likeness (QED) is 0.687. The minimum Gasteiger partial charge on any atom is -0.192 e. The summed E-state index contributed by atoms with van der Waals surface area (Å²) < 4.78 is 0. The Morgan fingerprint density at radius 1 is 1.58 bits per heavy atom. The first-order chi connectivity index (χ1) is 5.65. The van der Waals surface area contributed by atoms with Gasteiger partial charge >= 0.3 is 0 Å². The summed E-state index contributed by atoms with van der Waals surface area (Å²) in [6, 6.07) is 7.24. The van der Waals surface area contributed by atoms with Gasteiger partial charge in [-0.3, -0.25) is 0 Å². The molecule has 0 aromatic heterocycles. The maximum atomic E-state index is 8.62. The largest absolute Gasteiger partial charge is 0.192 e. The van der Waals surface area contributed by atoms with Crippen molar-refractivity contribution in [1.82, 2.24) is 0 Å². The van der Waals surface area contributed by atoms with Crippen LogP contribution in [-0.4, -0.2) is 0 Å². The molecule has 12 heavy (non-hydrogen) atoms. The second-order valence-electron chi connectivity index (χ2n) is 2.52. The Morgan fingerprint density at radius 2 is 2.25 bits per heavy atom. The van der Waals surface area contributed by atoms with E-state index in [1.807, 2.05) is 6.92 Å². The molecule has 1 aromatic carbocycles. The van der Waals surface area contributed by atoms with Crippen molar-refractivity contribution >= 4 is 24.2 Å². The standard InChI is InChI=1S/C9H8ClNS/c1-6(12)8-4-7(5-11)2-3-9(8)10/h2-4,6,12H,1H3. The molecule has 0 saturated heterocycles. The topological polar surface area (TPSA) is 23.8 Å². The van der Waals surface area contributed by atoms with Crippen LogP contribution in [0.2, 0.25) is 5.02 Å². The maximum absolute atomic E-state index is 8.62. The molecule has 62 valence electrons. The SMILES string of the molecule is CC(S)c1cc(C#N)ccc1Cl. The van der Waals surface area contributed by atoms with Gasteiger partial charge in [-0.15, -0.1) is 0 Å². The van der Waals surface area contributed by atoms with Crippen LogP contribution in [0.1, 0.15) is 23.3 Å². The second-order valence-corrected chi connectivity index (χ2v) is 3.71. The van der Waals surface area contributed by atoms with E-state index in [-0.39, 0.29) is 5.25 Å². The highest BCUT2D eigenvalue weighted by Crippen LogP contribution is 2.27. The smallest absolute Gasteiger partial charge is 0.0991 e. The van der Waals surface area contributed by atoms with Gasteiger partial charge in [0.1, 0.15) is 0 Å². The highest BCUT2D eigenvalue weighted by atomic mass is 35.5. The van der Waals surface area contributed by atoms with E-state index in [0.717, 1.165) is 5.56 Å². The average Bonchev–Trinajstić information content (AvgIpc) is 2.05. The van der Waals surface area contributed by atoms with Gasteiger partial charge in [0.05, 0.1) is 11.6 Å². The lowest BCUT2D eigenvalue weighted by Crippen LogP contribution is -1.87. The van der Waals surface area contributed by atoms with E-state index in [4.69, 9.17) is 16.9 Å². The third kappa shape index (κ3) is 1.94. The molecule has 0 amide bonds. The van der Waals surface area contributed by atoms with Crippen molar-refractivity contribution in [2.75, 3.05) is 0 Å². The van der Waals surface area contributed by atoms with Crippen molar-refractivity contribution in [3.05, 3.63) is 34.3 Å². The van der Waals surface area contributed by atoms with Crippen molar-refractivity contribution in [2.24, 2.45) is 0 Å². The molecular formula is C9H8ClNS. The van der Waals surface area contributed by atoms with Crippen molar-refractivity contribution in [3.8, 4) is 6.07 Å². The molecule has 0 spiro atoms. The molecular weight excluding hydrogens is 190 g/mol. The summed E-state index contributed by atoms with van der Waals surface area (Å²) in [5.74, 6) is 0. The predicted octanol–water partition coefficient (Wildman–Crippen LogP) is 3.20. The predicted molar refractivity (Wildman–Crippen MR) is 53.6 cm³/mol. The van der Waals surface area contributed by atoms with E-state index < -0.39 is 0 Å². The van der Waals surface area contributed by atoms with Crippen LogP contribution in [0.5, 0.6) is 0 Å². The van der Waals surface area contributed by atoms with Crippen molar-refractivity contribution in [3.63, 3.8) is 0 Å². The van der Waals surface area contributed by atoms with E-state index in [9.17, 15) is 0 Å². The lowest BCUT2D eigenvalue weighted by atomic mass is 10.1. The number of hydrogen-bond acceptors (Lipinski definition) is 2. The highest BCUT2D eigenvalue weighted by molar-refractivity contribution is 7.80. The molecule has 1 unspecified atom stereocenters. The minimum atomic E-state index is 0.0609. The third-order valence-electron chi connectivity index (χ3n) is 1.58. The number of benzene rings is 1.